The molecule has 0 aromatic heterocycles. The SMILES string of the molecule is Cc1ccc(S(=O)(=O)N(CCC(N)=O)CCc2ccccc2)cc1. The second-order valence-corrected chi connectivity index (χ2v) is 7.61. The fourth-order valence-electron chi connectivity index (χ4n) is 2.34. The Bertz CT molecular complexity index is 772. The Hall–Kier alpha value is -2.18. The van der Waals surface area contributed by atoms with Gasteiger partial charge in [0.1, 0.15) is 0 Å². The van der Waals surface area contributed by atoms with Crippen LogP contribution in [-0.4, -0.2) is 31.7 Å². The zero-order chi connectivity index (χ0) is 17.6. The predicted molar refractivity (Wildman–Crippen MR) is 93.9 cm³/mol. The van der Waals surface area contributed by atoms with Crippen LogP contribution in [0.5, 0.6) is 0 Å². The summed E-state index contributed by atoms with van der Waals surface area (Å²) in [6.07, 6.45) is 0.574. The molecule has 128 valence electrons. The monoisotopic (exact) mass is 346 g/mol. The van der Waals surface area contributed by atoms with Crippen molar-refractivity contribution in [3.63, 3.8) is 0 Å². The second kappa shape index (κ2) is 8.08. The summed E-state index contributed by atoms with van der Waals surface area (Å²) in [7, 11) is -3.66. The van der Waals surface area contributed by atoms with Gasteiger partial charge in [-0.3, -0.25) is 4.79 Å². The molecule has 2 rings (SSSR count). The van der Waals surface area contributed by atoms with Crippen LogP contribution in [0.2, 0.25) is 0 Å². The van der Waals surface area contributed by atoms with Crippen LogP contribution in [0.15, 0.2) is 59.5 Å². The van der Waals surface area contributed by atoms with E-state index in [2.05, 4.69) is 0 Å². The number of nitrogens with two attached hydrogens (primary N) is 1. The molecule has 0 aliphatic carbocycles. The molecule has 1 amide bonds. The summed E-state index contributed by atoms with van der Waals surface area (Å²) in [4.78, 5) is 11.3. The first-order valence-corrected chi connectivity index (χ1v) is 9.22. The Morgan fingerprint density at radius 3 is 2.21 bits per heavy atom. The van der Waals surface area contributed by atoms with E-state index in [9.17, 15) is 13.2 Å². The number of benzene rings is 2. The number of amides is 1. The Kier molecular flexibility index (Phi) is 6.11. The standard InChI is InChI=1S/C18H22N2O3S/c1-15-7-9-17(10-8-15)24(22,23)20(14-12-18(19)21)13-11-16-5-3-2-4-6-16/h2-10H,11-14H2,1H3,(H2,19,21). The molecule has 0 aliphatic rings. The summed E-state index contributed by atoms with van der Waals surface area (Å²) in [6.45, 7) is 2.28. The molecule has 0 unspecified atom stereocenters. The smallest absolute Gasteiger partial charge is 0.243 e. The summed E-state index contributed by atoms with van der Waals surface area (Å²) >= 11 is 0. The van der Waals surface area contributed by atoms with E-state index in [-0.39, 0.29) is 17.9 Å². The van der Waals surface area contributed by atoms with Gasteiger partial charge in [0.25, 0.3) is 0 Å². The summed E-state index contributed by atoms with van der Waals surface area (Å²) in [5.74, 6) is -0.515. The Morgan fingerprint density at radius 2 is 1.62 bits per heavy atom. The lowest BCUT2D eigenvalue weighted by Gasteiger charge is -2.22. The number of hydrogen-bond acceptors (Lipinski definition) is 3. The lowest BCUT2D eigenvalue weighted by molar-refractivity contribution is -0.118. The molecule has 2 aromatic carbocycles. The molecule has 0 saturated carbocycles. The number of carbonyl (C=O) groups is 1. The lowest BCUT2D eigenvalue weighted by Crippen LogP contribution is -2.35. The van der Waals surface area contributed by atoms with Crippen molar-refractivity contribution in [2.75, 3.05) is 13.1 Å². The quantitative estimate of drug-likeness (QED) is 0.795. The highest BCUT2D eigenvalue weighted by Gasteiger charge is 2.24. The summed E-state index contributed by atoms with van der Waals surface area (Å²) in [5, 5.41) is 0. The minimum atomic E-state index is -3.66. The van der Waals surface area contributed by atoms with E-state index in [4.69, 9.17) is 5.73 Å². The van der Waals surface area contributed by atoms with Crippen LogP contribution < -0.4 is 5.73 Å². The molecule has 0 aliphatic heterocycles. The molecule has 0 fully saturated rings. The van der Waals surface area contributed by atoms with Gasteiger partial charge in [0.05, 0.1) is 4.90 Å². The Balaban J connectivity index is 2.20. The average Bonchev–Trinajstić information content (AvgIpc) is 2.55. The summed E-state index contributed by atoms with van der Waals surface area (Å²) < 4.78 is 27.0. The maximum Gasteiger partial charge on any atom is 0.243 e. The third-order valence-corrected chi connectivity index (χ3v) is 5.67. The van der Waals surface area contributed by atoms with E-state index in [1.807, 2.05) is 37.3 Å². The van der Waals surface area contributed by atoms with Gasteiger partial charge in [-0.2, -0.15) is 4.31 Å². The fourth-order valence-corrected chi connectivity index (χ4v) is 3.79. The van der Waals surface area contributed by atoms with Crippen molar-refractivity contribution in [1.82, 2.24) is 4.31 Å². The van der Waals surface area contributed by atoms with Crippen molar-refractivity contribution in [3.05, 3.63) is 65.7 Å². The number of sulfonamides is 1. The van der Waals surface area contributed by atoms with Crippen molar-refractivity contribution in [1.29, 1.82) is 0 Å². The maximum atomic E-state index is 12.9. The maximum absolute atomic E-state index is 12.9. The highest BCUT2D eigenvalue weighted by Crippen LogP contribution is 2.17. The van der Waals surface area contributed by atoms with Crippen molar-refractivity contribution >= 4 is 15.9 Å². The van der Waals surface area contributed by atoms with Gasteiger partial charge in [0, 0.05) is 19.5 Å². The van der Waals surface area contributed by atoms with Gasteiger partial charge < -0.3 is 5.73 Å². The lowest BCUT2D eigenvalue weighted by atomic mass is 10.1. The molecule has 0 saturated heterocycles. The van der Waals surface area contributed by atoms with Crippen LogP contribution in [0.4, 0.5) is 0 Å². The van der Waals surface area contributed by atoms with E-state index in [1.54, 1.807) is 24.3 Å². The third kappa shape index (κ3) is 4.91. The molecule has 6 heteroatoms. The molecule has 2 aromatic rings. The van der Waals surface area contributed by atoms with Crippen LogP contribution >= 0.6 is 0 Å². The number of rotatable bonds is 8. The number of hydrogen-bond donors (Lipinski definition) is 1. The number of nitrogens with zero attached hydrogens (tertiary/aromatic N) is 1. The topological polar surface area (TPSA) is 80.5 Å². The Morgan fingerprint density at radius 1 is 1.00 bits per heavy atom. The van der Waals surface area contributed by atoms with Crippen LogP contribution in [0.25, 0.3) is 0 Å². The normalized spacial score (nSPS) is 11.6. The molecular formula is C18H22N2O3S. The van der Waals surface area contributed by atoms with Gasteiger partial charge in [-0.25, -0.2) is 8.42 Å². The third-order valence-electron chi connectivity index (χ3n) is 3.76. The first-order chi connectivity index (χ1) is 11.4. The fraction of sp³-hybridized carbons (Fsp3) is 0.278. The highest BCUT2D eigenvalue weighted by atomic mass is 32.2. The number of aryl methyl sites for hydroxylation is 1. The van der Waals surface area contributed by atoms with E-state index < -0.39 is 15.9 Å². The van der Waals surface area contributed by atoms with Crippen molar-refractivity contribution < 1.29 is 13.2 Å². The van der Waals surface area contributed by atoms with Crippen molar-refractivity contribution in [3.8, 4) is 0 Å². The van der Waals surface area contributed by atoms with Crippen LogP contribution in [0.1, 0.15) is 17.5 Å². The van der Waals surface area contributed by atoms with Gasteiger partial charge in [0.15, 0.2) is 0 Å². The van der Waals surface area contributed by atoms with Gasteiger partial charge in [0.2, 0.25) is 15.9 Å². The van der Waals surface area contributed by atoms with Gasteiger partial charge in [-0.15, -0.1) is 0 Å². The molecule has 0 atom stereocenters. The second-order valence-electron chi connectivity index (χ2n) is 5.67. The molecule has 5 nitrogen and oxygen atoms in total. The van der Waals surface area contributed by atoms with E-state index in [0.29, 0.717) is 13.0 Å². The largest absolute Gasteiger partial charge is 0.370 e. The highest BCUT2D eigenvalue weighted by molar-refractivity contribution is 7.89. The average molecular weight is 346 g/mol. The minimum absolute atomic E-state index is 0.000118. The van der Waals surface area contributed by atoms with E-state index in [0.717, 1.165) is 11.1 Å². The van der Waals surface area contributed by atoms with Crippen molar-refractivity contribution in [2.45, 2.75) is 24.7 Å². The molecule has 0 spiro atoms. The van der Waals surface area contributed by atoms with E-state index in [1.165, 1.54) is 4.31 Å². The summed E-state index contributed by atoms with van der Waals surface area (Å²) in [5.41, 5.74) is 7.22. The zero-order valence-electron chi connectivity index (χ0n) is 13.7. The molecule has 0 radical (unpaired) electrons. The molecule has 24 heavy (non-hydrogen) atoms. The van der Waals surface area contributed by atoms with Gasteiger partial charge in [-0.05, 0) is 31.0 Å². The molecule has 0 bridgehead atoms. The van der Waals surface area contributed by atoms with E-state index >= 15 is 0 Å². The van der Waals surface area contributed by atoms with Crippen LogP contribution in [-0.2, 0) is 21.2 Å². The minimum Gasteiger partial charge on any atom is -0.370 e. The number of carbonyl (C=O) groups excluding carboxylic acids is 1. The molecule has 0 heterocycles. The van der Waals surface area contributed by atoms with Gasteiger partial charge in [-0.1, -0.05) is 48.0 Å². The van der Waals surface area contributed by atoms with Gasteiger partial charge >= 0.3 is 0 Å². The van der Waals surface area contributed by atoms with Crippen molar-refractivity contribution in [2.24, 2.45) is 5.73 Å². The molecule has 2 N–H and O–H groups in total. The Labute approximate surface area is 143 Å². The van der Waals surface area contributed by atoms with Crippen LogP contribution in [0.3, 0.4) is 0 Å². The summed E-state index contributed by atoms with van der Waals surface area (Å²) in [6, 6.07) is 16.3. The van der Waals surface area contributed by atoms with Crippen LogP contribution in [0, 0.1) is 6.92 Å². The zero-order valence-corrected chi connectivity index (χ0v) is 14.5. The first-order valence-electron chi connectivity index (χ1n) is 7.78. The first kappa shape index (κ1) is 18.2. The number of primary amides is 1. The molecular weight excluding hydrogens is 324 g/mol. The predicted octanol–water partition coefficient (Wildman–Crippen LogP) is 2.10.